The molecule has 1 aliphatic heterocycles. The molecule has 1 aromatic heterocycles. The van der Waals surface area contributed by atoms with E-state index in [9.17, 15) is 4.79 Å². The Balaban J connectivity index is 2.03. The lowest BCUT2D eigenvalue weighted by Gasteiger charge is -2.30. The number of anilines is 1. The SMILES string of the molecule is Cc1cc(Br)cnc1NC1CCC(=O)N(C)C1. The van der Waals surface area contributed by atoms with Crippen LogP contribution in [0.2, 0.25) is 0 Å². The van der Waals surface area contributed by atoms with Crippen LogP contribution >= 0.6 is 15.9 Å². The van der Waals surface area contributed by atoms with Crippen LogP contribution in [0.5, 0.6) is 0 Å². The number of aryl methyl sites for hydroxylation is 1. The lowest BCUT2D eigenvalue weighted by molar-refractivity contribution is -0.132. The van der Waals surface area contributed by atoms with E-state index in [1.54, 1.807) is 11.1 Å². The molecule has 0 spiro atoms. The molecule has 1 fully saturated rings. The van der Waals surface area contributed by atoms with Crippen molar-refractivity contribution >= 4 is 27.7 Å². The molecule has 0 bridgehead atoms. The Morgan fingerprint density at radius 1 is 1.59 bits per heavy atom. The zero-order valence-corrected chi connectivity index (χ0v) is 11.6. The van der Waals surface area contributed by atoms with Gasteiger partial charge in [0.25, 0.3) is 0 Å². The van der Waals surface area contributed by atoms with E-state index >= 15 is 0 Å². The molecule has 5 heteroatoms. The summed E-state index contributed by atoms with van der Waals surface area (Å²) in [4.78, 5) is 17.5. The van der Waals surface area contributed by atoms with Crippen molar-refractivity contribution in [2.24, 2.45) is 0 Å². The summed E-state index contributed by atoms with van der Waals surface area (Å²) in [6.45, 7) is 2.77. The number of halogens is 1. The van der Waals surface area contributed by atoms with E-state index in [2.05, 4.69) is 26.2 Å². The van der Waals surface area contributed by atoms with Crippen molar-refractivity contribution in [1.29, 1.82) is 0 Å². The first-order valence-corrected chi connectivity index (χ1v) is 6.48. The van der Waals surface area contributed by atoms with Gasteiger partial charge in [-0.1, -0.05) is 0 Å². The number of pyridine rings is 1. The average molecular weight is 298 g/mol. The van der Waals surface area contributed by atoms with Crippen molar-refractivity contribution in [2.75, 3.05) is 18.9 Å². The molecule has 4 nitrogen and oxygen atoms in total. The minimum absolute atomic E-state index is 0.225. The maximum absolute atomic E-state index is 11.4. The second kappa shape index (κ2) is 5.04. The second-order valence-electron chi connectivity index (χ2n) is 4.47. The fourth-order valence-electron chi connectivity index (χ4n) is 2.02. The summed E-state index contributed by atoms with van der Waals surface area (Å²) in [5.41, 5.74) is 1.11. The van der Waals surface area contributed by atoms with Crippen LogP contribution in [-0.2, 0) is 4.79 Å². The average Bonchev–Trinajstić information content (AvgIpc) is 2.27. The molecule has 1 N–H and O–H groups in total. The van der Waals surface area contributed by atoms with Crippen LogP contribution in [0.15, 0.2) is 16.7 Å². The fourth-order valence-corrected chi connectivity index (χ4v) is 2.46. The number of amides is 1. The van der Waals surface area contributed by atoms with Gasteiger partial charge >= 0.3 is 0 Å². The van der Waals surface area contributed by atoms with Gasteiger partial charge in [0.05, 0.1) is 0 Å². The number of rotatable bonds is 2. The highest BCUT2D eigenvalue weighted by Gasteiger charge is 2.23. The Morgan fingerprint density at radius 2 is 2.35 bits per heavy atom. The maximum atomic E-state index is 11.4. The van der Waals surface area contributed by atoms with E-state index in [4.69, 9.17) is 0 Å². The predicted molar refractivity (Wildman–Crippen MR) is 71.0 cm³/mol. The summed E-state index contributed by atoms with van der Waals surface area (Å²) < 4.78 is 0.983. The first-order chi connectivity index (χ1) is 8.06. The Kier molecular flexibility index (Phi) is 3.66. The quantitative estimate of drug-likeness (QED) is 0.910. The molecule has 1 aliphatic rings. The number of carbonyl (C=O) groups is 1. The zero-order chi connectivity index (χ0) is 12.4. The Hall–Kier alpha value is -1.10. The van der Waals surface area contributed by atoms with Gasteiger partial charge in [0.1, 0.15) is 5.82 Å². The number of piperidine rings is 1. The minimum atomic E-state index is 0.225. The smallest absolute Gasteiger partial charge is 0.222 e. The number of carbonyl (C=O) groups excluding carboxylic acids is 1. The summed E-state index contributed by atoms with van der Waals surface area (Å²) in [5.74, 6) is 1.13. The Morgan fingerprint density at radius 3 is 3.00 bits per heavy atom. The molecule has 0 aromatic carbocycles. The minimum Gasteiger partial charge on any atom is -0.365 e. The molecule has 2 rings (SSSR count). The van der Waals surface area contributed by atoms with Crippen LogP contribution in [0.4, 0.5) is 5.82 Å². The zero-order valence-electron chi connectivity index (χ0n) is 10.0. The van der Waals surface area contributed by atoms with Gasteiger partial charge in [0, 0.05) is 36.7 Å². The molecule has 1 unspecified atom stereocenters. The predicted octanol–water partition coefficient (Wildman–Crippen LogP) is 2.19. The van der Waals surface area contributed by atoms with Crippen molar-refractivity contribution in [2.45, 2.75) is 25.8 Å². The molecular weight excluding hydrogens is 282 g/mol. The number of hydrogen-bond donors (Lipinski definition) is 1. The molecule has 1 atom stereocenters. The summed E-state index contributed by atoms with van der Waals surface area (Å²) >= 11 is 3.40. The van der Waals surface area contributed by atoms with Gasteiger partial charge in [-0.05, 0) is 40.9 Å². The first-order valence-electron chi connectivity index (χ1n) is 5.69. The van der Waals surface area contributed by atoms with Crippen molar-refractivity contribution in [3.63, 3.8) is 0 Å². The molecule has 92 valence electrons. The van der Waals surface area contributed by atoms with E-state index in [0.717, 1.165) is 28.8 Å². The van der Waals surface area contributed by atoms with Gasteiger partial charge in [-0.2, -0.15) is 0 Å². The lowest BCUT2D eigenvalue weighted by Crippen LogP contribution is -2.43. The largest absolute Gasteiger partial charge is 0.365 e. The fraction of sp³-hybridized carbons (Fsp3) is 0.500. The first kappa shape index (κ1) is 12.4. The van der Waals surface area contributed by atoms with Gasteiger partial charge in [-0.3, -0.25) is 4.79 Å². The molecule has 0 radical (unpaired) electrons. The highest BCUT2D eigenvalue weighted by molar-refractivity contribution is 9.10. The molecule has 1 amide bonds. The lowest BCUT2D eigenvalue weighted by atomic mass is 10.1. The van der Waals surface area contributed by atoms with Gasteiger partial charge < -0.3 is 10.2 Å². The van der Waals surface area contributed by atoms with E-state index in [1.807, 2.05) is 20.0 Å². The van der Waals surface area contributed by atoms with Crippen molar-refractivity contribution in [3.8, 4) is 0 Å². The maximum Gasteiger partial charge on any atom is 0.222 e. The normalized spacial score (nSPS) is 20.5. The summed E-state index contributed by atoms with van der Waals surface area (Å²) in [5, 5.41) is 3.40. The number of likely N-dealkylation sites (tertiary alicyclic amines) is 1. The second-order valence-corrected chi connectivity index (χ2v) is 5.39. The Bertz CT molecular complexity index is 436. The standard InChI is InChI=1S/C12H16BrN3O/c1-8-5-9(13)6-14-12(8)15-10-3-4-11(17)16(2)7-10/h5-6,10H,3-4,7H2,1-2H3,(H,14,15). The van der Waals surface area contributed by atoms with Gasteiger partial charge in [0.15, 0.2) is 0 Å². The number of aromatic nitrogens is 1. The van der Waals surface area contributed by atoms with Crippen molar-refractivity contribution in [1.82, 2.24) is 9.88 Å². The van der Waals surface area contributed by atoms with Crippen LogP contribution in [-0.4, -0.2) is 35.4 Å². The molecule has 1 saturated heterocycles. The van der Waals surface area contributed by atoms with Crippen LogP contribution in [0.3, 0.4) is 0 Å². The Labute approximate surface area is 110 Å². The molecule has 0 saturated carbocycles. The number of hydrogen-bond acceptors (Lipinski definition) is 3. The topological polar surface area (TPSA) is 45.2 Å². The third-order valence-corrected chi connectivity index (χ3v) is 3.45. The number of nitrogens with zero attached hydrogens (tertiary/aromatic N) is 2. The van der Waals surface area contributed by atoms with E-state index < -0.39 is 0 Å². The van der Waals surface area contributed by atoms with Gasteiger partial charge in [0.2, 0.25) is 5.91 Å². The van der Waals surface area contributed by atoms with E-state index in [0.29, 0.717) is 12.5 Å². The third kappa shape index (κ3) is 2.97. The molecular formula is C12H16BrN3O. The van der Waals surface area contributed by atoms with Crippen molar-refractivity contribution in [3.05, 3.63) is 22.3 Å². The third-order valence-electron chi connectivity index (χ3n) is 3.01. The molecule has 2 heterocycles. The molecule has 1 aromatic rings. The number of likely N-dealkylation sites (N-methyl/N-ethyl adjacent to an activating group) is 1. The monoisotopic (exact) mass is 297 g/mol. The van der Waals surface area contributed by atoms with Crippen LogP contribution in [0.1, 0.15) is 18.4 Å². The van der Waals surface area contributed by atoms with Crippen LogP contribution in [0, 0.1) is 6.92 Å². The van der Waals surface area contributed by atoms with Crippen LogP contribution < -0.4 is 5.32 Å². The van der Waals surface area contributed by atoms with Crippen molar-refractivity contribution < 1.29 is 4.79 Å². The van der Waals surface area contributed by atoms with E-state index in [1.165, 1.54) is 0 Å². The van der Waals surface area contributed by atoms with E-state index in [-0.39, 0.29) is 5.91 Å². The highest BCUT2D eigenvalue weighted by Crippen LogP contribution is 2.20. The van der Waals surface area contributed by atoms with Gasteiger partial charge in [-0.25, -0.2) is 4.98 Å². The summed E-state index contributed by atoms with van der Waals surface area (Å²) in [6, 6.07) is 2.33. The molecule has 17 heavy (non-hydrogen) atoms. The molecule has 0 aliphatic carbocycles. The van der Waals surface area contributed by atoms with Gasteiger partial charge in [-0.15, -0.1) is 0 Å². The highest BCUT2D eigenvalue weighted by atomic mass is 79.9. The van der Waals surface area contributed by atoms with Crippen LogP contribution in [0.25, 0.3) is 0 Å². The number of nitrogens with one attached hydrogen (secondary N) is 1. The summed E-state index contributed by atoms with van der Waals surface area (Å²) in [7, 11) is 1.85. The summed E-state index contributed by atoms with van der Waals surface area (Å²) in [6.07, 6.45) is 3.27.